The predicted molar refractivity (Wildman–Crippen MR) is 100 cm³/mol. The van der Waals surface area contributed by atoms with E-state index >= 15 is 0 Å². The number of thiocarbonyl (C=S) groups is 1. The van der Waals surface area contributed by atoms with E-state index in [2.05, 4.69) is 32.6 Å². The monoisotopic (exact) mass is 400 g/mol. The lowest BCUT2D eigenvalue weighted by Gasteiger charge is -2.16. The van der Waals surface area contributed by atoms with Crippen LogP contribution in [0, 0.1) is 0 Å². The molecule has 1 aliphatic rings. The molecule has 120 valence electrons. The Labute approximate surface area is 153 Å². The number of hydrogen-bond acceptors (Lipinski definition) is 3. The molecule has 2 aromatic rings. The third-order valence-electron chi connectivity index (χ3n) is 3.59. The van der Waals surface area contributed by atoms with E-state index in [0.717, 1.165) is 22.0 Å². The third-order valence-corrected chi connectivity index (χ3v) is 4.56. The first-order valence-corrected chi connectivity index (χ1v) is 8.44. The number of amides is 2. The lowest BCUT2D eigenvalue weighted by atomic mass is 10.0. The maximum Gasteiger partial charge on any atom is 0.263 e. The van der Waals surface area contributed by atoms with Gasteiger partial charge in [-0.1, -0.05) is 58.4 Å². The number of carbonyl (C=O) groups excluding carboxylic acids is 2. The van der Waals surface area contributed by atoms with E-state index in [-0.39, 0.29) is 10.7 Å². The highest BCUT2D eigenvalue weighted by Gasteiger charge is 2.25. The molecular formula is C18H13BrN2O2S. The zero-order chi connectivity index (χ0) is 17.1. The molecule has 1 aliphatic heterocycles. The normalized spacial score (nSPS) is 14.2. The number of carbonyl (C=O) groups is 2. The lowest BCUT2D eigenvalue weighted by molar-refractivity contribution is -0.123. The van der Waals surface area contributed by atoms with Crippen LogP contribution >= 0.6 is 28.1 Å². The fourth-order valence-electron chi connectivity index (χ4n) is 2.37. The molecule has 0 radical (unpaired) electrons. The van der Waals surface area contributed by atoms with Crippen LogP contribution in [0.2, 0.25) is 0 Å². The van der Waals surface area contributed by atoms with E-state index in [9.17, 15) is 9.59 Å². The molecule has 24 heavy (non-hydrogen) atoms. The van der Waals surface area contributed by atoms with E-state index < -0.39 is 11.8 Å². The van der Waals surface area contributed by atoms with Crippen LogP contribution < -0.4 is 10.6 Å². The summed E-state index contributed by atoms with van der Waals surface area (Å²) in [6.07, 6.45) is 2.35. The number of nitrogens with one attached hydrogen (secondary N) is 2. The number of rotatable bonds is 3. The molecule has 0 saturated carbocycles. The van der Waals surface area contributed by atoms with Crippen molar-refractivity contribution in [2.75, 3.05) is 0 Å². The average Bonchev–Trinajstić information content (AvgIpc) is 2.54. The van der Waals surface area contributed by atoms with Gasteiger partial charge >= 0.3 is 0 Å². The van der Waals surface area contributed by atoms with Gasteiger partial charge in [0.2, 0.25) is 0 Å². The van der Waals surface area contributed by atoms with Gasteiger partial charge in [-0.2, -0.15) is 0 Å². The smallest absolute Gasteiger partial charge is 0.263 e. The predicted octanol–water partition coefficient (Wildman–Crippen LogP) is 2.95. The van der Waals surface area contributed by atoms with E-state index in [1.807, 2.05) is 42.5 Å². The van der Waals surface area contributed by atoms with Crippen molar-refractivity contribution in [1.29, 1.82) is 0 Å². The summed E-state index contributed by atoms with van der Waals surface area (Å²) < 4.78 is 1.07. The summed E-state index contributed by atoms with van der Waals surface area (Å²) in [5.41, 5.74) is 3.16. The van der Waals surface area contributed by atoms with Crippen LogP contribution in [0.25, 0.3) is 6.08 Å². The molecule has 0 spiro atoms. The van der Waals surface area contributed by atoms with Gasteiger partial charge in [-0.25, -0.2) is 0 Å². The molecule has 0 aliphatic carbocycles. The Morgan fingerprint density at radius 2 is 1.58 bits per heavy atom. The first-order valence-electron chi connectivity index (χ1n) is 7.23. The Balaban J connectivity index is 1.79. The Hall–Kier alpha value is -2.31. The van der Waals surface area contributed by atoms with Gasteiger partial charge in [-0.3, -0.25) is 20.2 Å². The minimum atomic E-state index is -0.485. The lowest BCUT2D eigenvalue weighted by Crippen LogP contribution is -2.51. The second-order valence-corrected chi connectivity index (χ2v) is 6.57. The minimum absolute atomic E-state index is 0.0333. The zero-order valence-electron chi connectivity index (χ0n) is 12.5. The highest BCUT2D eigenvalue weighted by molar-refractivity contribution is 9.10. The SMILES string of the molecule is O=C1NC(=S)NC(=O)C1=Cc1ccc(Cc2ccccc2Br)cc1. The molecule has 2 aromatic carbocycles. The molecule has 2 N–H and O–H groups in total. The van der Waals surface area contributed by atoms with Gasteiger partial charge in [-0.05, 0) is 47.5 Å². The number of halogens is 1. The molecule has 4 nitrogen and oxygen atoms in total. The van der Waals surface area contributed by atoms with Gasteiger partial charge in [0.25, 0.3) is 11.8 Å². The summed E-state index contributed by atoms with van der Waals surface area (Å²) in [5.74, 6) is -0.970. The van der Waals surface area contributed by atoms with E-state index in [4.69, 9.17) is 12.2 Å². The van der Waals surface area contributed by atoms with Crippen LogP contribution in [-0.4, -0.2) is 16.9 Å². The molecular weight excluding hydrogens is 388 g/mol. The van der Waals surface area contributed by atoms with Crippen molar-refractivity contribution in [2.45, 2.75) is 6.42 Å². The number of hydrogen-bond donors (Lipinski definition) is 2. The maximum absolute atomic E-state index is 11.8. The van der Waals surface area contributed by atoms with Crippen LogP contribution in [0.5, 0.6) is 0 Å². The van der Waals surface area contributed by atoms with Crippen molar-refractivity contribution in [3.63, 3.8) is 0 Å². The van der Waals surface area contributed by atoms with Crippen LogP contribution in [0.15, 0.2) is 58.6 Å². The standard InChI is InChI=1S/C18H13BrN2O2S/c19-15-4-2-1-3-13(15)9-11-5-7-12(8-6-11)10-14-16(22)20-18(24)21-17(14)23/h1-8,10H,9H2,(H2,20,21,22,23,24). The summed E-state index contributed by atoms with van der Waals surface area (Å²) in [6.45, 7) is 0. The summed E-state index contributed by atoms with van der Waals surface area (Å²) in [4.78, 5) is 23.7. The molecule has 0 atom stereocenters. The quantitative estimate of drug-likeness (QED) is 0.473. The van der Waals surface area contributed by atoms with Crippen molar-refractivity contribution in [3.8, 4) is 0 Å². The summed E-state index contributed by atoms with van der Waals surface area (Å²) >= 11 is 8.32. The molecule has 0 unspecified atom stereocenters. The molecule has 3 rings (SSSR count). The summed E-state index contributed by atoms with van der Waals surface area (Å²) in [7, 11) is 0. The minimum Gasteiger partial charge on any atom is -0.299 e. The third kappa shape index (κ3) is 3.77. The first kappa shape index (κ1) is 16.5. The highest BCUT2D eigenvalue weighted by atomic mass is 79.9. The molecule has 1 fully saturated rings. The highest BCUT2D eigenvalue weighted by Crippen LogP contribution is 2.20. The van der Waals surface area contributed by atoms with Crippen LogP contribution in [0.3, 0.4) is 0 Å². The maximum atomic E-state index is 11.8. The molecule has 6 heteroatoms. The average molecular weight is 401 g/mol. The Bertz CT molecular complexity index is 838. The molecule has 1 heterocycles. The Kier molecular flexibility index (Phi) is 4.87. The molecule has 0 bridgehead atoms. The van der Waals surface area contributed by atoms with Crippen molar-refractivity contribution in [2.24, 2.45) is 0 Å². The van der Waals surface area contributed by atoms with Crippen molar-refractivity contribution in [1.82, 2.24) is 10.6 Å². The van der Waals surface area contributed by atoms with Crippen molar-refractivity contribution < 1.29 is 9.59 Å². The van der Waals surface area contributed by atoms with Gasteiger partial charge in [0, 0.05) is 4.47 Å². The summed E-state index contributed by atoms with van der Waals surface area (Å²) in [6, 6.07) is 15.8. The molecule has 0 aromatic heterocycles. The zero-order valence-corrected chi connectivity index (χ0v) is 14.9. The van der Waals surface area contributed by atoms with Crippen LogP contribution in [0.1, 0.15) is 16.7 Å². The second-order valence-electron chi connectivity index (χ2n) is 5.31. The van der Waals surface area contributed by atoms with Crippen LogP contribution in [-0.2, 0) is 16.0 Å². The van der Waals surface area contributed by atoms with E-state index in [1.54, 1.807) is 6.08 Å². The molecule has 1 saturated heterocycles. The molecule has 2 amide bonds. The van der Waals surface area contributed by atoms with Gasteiger partial charge in [0.1, 0.15) is 5.57 Å². The fourth-order valence-corrected chi connectivity index (χ4v) is 2.98. The Morgan fingerprint density at radius 3 is 2.21 bits per heavy atom. The van der Waals surface area contributed by atoms with Crippen molar-refractivity contribution in [3.05, 3.63) is 75.3 Å². The van der Waals surface area contributed by atoms with Gasteiger partial charge < -0.3 is 0 Å². The fraction of sp³-hybridized carbons (Fsp3) is 0.0556. The summed E-state index contributed by atoms with van der Waals surface area (Å²) in [5, 5.41) is 4.87. The van der Waals surface area contributed by atoms with Crippen molar-refractivity contribution >= 4 is 51.2 Å². The van der Waals surface area contributed by atoms with Crippen LogP contribution in [0.4, 0.5) is 0 Å². The second kappa shape index (κ2) is 7.07. The van der Waals surface area contributed by atoms with Gasteiger partial charge in [0.05, 0.1) is 0 Å². The van der Waals surface area contributed by atoms with E-state index in [1.165, 1.54) is 5.56 Å². The Morgan fingerprint density at radius 1 is 0.958 bits per heavy atom. The van der Waals surface area contributed by atoms with Gasteiger partial charge in [-0.15, -0.1) is 0 Å². The van der Waals surface area contributed by atoms with Gasteiger partial charge in [0.15, 0.2) is 5.11 Å². The van der Waals surface area contributed by atoms with E-state index in [0.29, 0.717) is 0 Å². The first-order chi connectivity index (χ1) is 11.5. The largest absolute Gasteiger partial charge is 0.299 e. The topological polar surface area (TPSA) is 58.2 Å². The number of benzene rings is 2.